The number of imide groups is 1. The van der Waals surface area contributed by atoms with Crippen LogP contribution in [-0.2, 0) is 4.79 Å². The topological polar surface area (TPSA) is 110 Å². The van der Waals surface area contributed by atoms with Crippen LogP contribution in [0.5, 0.6) is 0 Å². The van der Waals surface area contributed by atoms with Gasteiger partial charge in [0.25, 0.3) is 17.5 Å². The summed E-state index contributed by atoms with van der Waals surface area (Å²) in [5.74, 6) is -1.37. The molecule has 1 fully saturated rings. The van der Waals surface area contributed by atoms with Crippen LogP contribution in [0.2, 0.25) is 0 Å². The molecule has 0 aliphatic carbocycles. The van der Waals surface area contributed by atoms with Crippen LogP contribution in [0.3, 0.4) is 0 Å². The third kappa shape index (κ3) is 1.87. The fourth-order valence-corrected chi connectivity index (χ4v) is 2.95. The zero-order chi connectivity index (χ0) is 16.1. The smallest absolute Gasteiger partial charge is 0.282 e. The minimum Gasteiger partial charge on any atom is -0.354 e. The molecule has 2 aliphatic heterocycles. The number of hydrogen-bond donors (Lipinski definition) is 1. The van der Waals surface area contributed by atoms with E-state index in [4.69, 9.17) is 0 Å². The van der Waals surface area contributed by atoms with Gasteiger partial charge in [-0.3, -0.25) is 29.4 Å². The molecule has 22 heavy (non-hydrogen) atoms. The maximum Gasteiger partial charge on any atom is 0.282 e. The van der Waals surface area contributed by atoms with Crippen molar-refractivity contribution < 1.29 is 19.3 Å². The zero-order valence-corrected chi connectivity index (χ0v) is 11.8. The van der Waals surface area contributed by atoms with Gasteiger partial charge in [0.2, 0.25) is 5.91 Å². The van der Waals surface area contributed by atoms with Crippen LogP contribution >= 0.6 is 0 Å². The second kappa shape index (κ2) is 4.62. The Morgan fingerprint density at radius 1 is 1.27 bits per heavy atom. The highest BCUT2D eigenvalue weighted by Crippen LogP contribution is 2.36. The third-order valence-electron chi connectivity index (χ3n) is 4.19. The van der Waals surface area contributed by atoms with Crippen molar-refractivity contribution in [3.8, 4) is 0 Å². The molecule has 0 unspecified atom stereocenters. The SMILES string of the molecule is C[C@]1(N2C(=O)c3cccc([N+](=O)[O-])c3C2=O)CCC(=O)NC1. The molecule has 8 heteroatoms. The summed E-state index contributed by atoms with van der Waals surface area (Å²) in [5, 5.41) is 13.7. The molecular formula is C14H13N3O5. The Labute approximate surface area is 125 Å². The fraction of sp³-hybridized carbons (Fsp3) is 0.357. The lowest BCUT2D eigenvalue weighted by Gasteiger charge is -2.40. The highest BCUT2D eigenvalue weighted by molar-refractivity contribution is 6.23. The minimum absolute atomic E-state index is 0.0392. The summed E-state index contributed by atoms with van der Waals surface area (Å²) >= 11 is 0. The third-order valence-corrected chi connectivity index (χ3v) is 4.19. The Morgan fingerprint density at radius 3 is 2.59 bits per heavy atom. The van der Waals surface area contributed by atoms with E-state index in [2.05, 4.69) is 5.32 Å². The van der Waals surface area contributed by atoms with Crippen molar-refractivity contribution >= 4 is 23.4 Å². The van der Waals surface area contributed by atoms with Crippen LogP contribution in [0, 0.1) is 10.1 Å². The number of piperidine rings is 1. The molecule has 2 aliphatic rings. The van der Waals surface area contributed by atoms with E-state index in [-0.39, 0.29) is 35.7 Å². The van der Waals surface area contributed by atoms with Gasteiger partial charge in [-0.15, -0.1) is 0 Å². The first-order valence-corrected chi connectivity index (χ1v) is 6.78. The van der Waals surface area contributed by atoms with Gasteiger partial charge in [-0.25, -0.2) is 0 Å². The monoisotopic (exact) mass is 303 g/mol. The predicted molar refractivity (Wildman–Crippen MR) is 74.2 cm³/mol. The average molecular weight is 303 g/mol. The molecule has 1 saturated heterocycles. The predicted octanol–water partition coefficient (Wildman–Crippen LogP) is 0.859. The Balaban J connectivity index is 2.06. The van der Waals surface area contributed by atoms with Crippen LogP contribution in [0.25, 0.3) is 0 Å². The fourth-order valence-electron chi connectivity index (χ4n) is 2.95. The number of nitrogens with zero attached hydrogens (tertiary/aromatic N) is 2. The molecule has 1 aromatic rings. The Kier molecular flexibility index (Phi) is 2.98. The van der Waals surface area contributed by atoms with E-state index < -0.39 is 22.3 Å². The number of hydrogen-bond acceptors (Lipinski definition) is 5. The molecule has 0 spiro atoms. The van der Waals surface area contributed by atoms with Crippen molar-refractivity contribution in [2.75, 3.05) is 6.54 Å². The van der Waals surface area contributed by atoms with E-state index in [1.807, 2.05) is 0 Å². The summed E-state index contributed by atoms with van der Waals surface area (Å²) < 4.78 is 0. The van der Waals surface area contributed by atoms with E-state index in [0.29, 0.717) is 6.42 Å². The summed E-state index contributed by atoms with van der Waals surface area (Å²) in [7, 11) is 0. The Morgan fingerprint density at radius 2 is 2.00 bits per heavy atom. The van der Waals surface area contributed by atoms with Gasteiger partial charge in [0, 0.05) is 19.0 Å². The Bertz CT molecular complexity index is 717. The summed E-state index contributed by atoms with van der Waals surface area (Å²) in [6.45, 7) is 1.84. The zero-order valence-electron chi connectivity index (χ0n) is 11.8. The first kappa shape index (κ1) is 14.2. The molecule has 114 valence electrons. The van der Waals surface area contributed by atoms with Crippen LogP contribution in [0.15, 0.2) is 18.2 Å². The Hall–Kier alpha value is -2.77. The van der Waals surface area contributed by atoms with Gasteiger partial charge in [0.05, 0.1) is 16.0 Å². The maximum absolute atomic E-state index is 12.6. The standard InChI is InChI=1S/C14H13N3O5/c1-14(6-5-10(18)15-7-14)16-12(19)8-3-2-4-9(17(21)22)11(8)13(16)20/h2-4H,5-7H2,1H3,(H,15,18)/t14-/m0/s1. The second-order valence-electron chi connectivity index (χ2n) is 5.68. The van der Waals surface area contributed by atoms with E-state index >= 15 is 0 Å². The normalized spacial score (nSPS) is 24.2. The van der Waals surface area contributed by atoms with Crippen molar-refractivity contribution in [1.29, 1.82) is 0 Å². The quantitative estimate of drug-likeness (QED) is 0.495. The molecule has 0 bridgehead atoms. The van der Waals surface area contributed by atoms with Gasteiger partial charge in [0.1, 0.15) is 5.56 Å². The molecule has 3 rings (SSSR count). The lowest BCUT2D eigenvalue weighted by Crippen LogP contribution is -2.59. The number of nitro groups is 1. The first-order chi connectivity index (χ1) is 10.3. The summed E-state index contributed by atoms with van der Waals surface area (Å²) in [5.41, 5.74) is -1.38. The van der Waals surface area contributed by atoms with Crippen molar-refractivity contribution in [3.63, 3.8) is 0 Å². The van der Waals surface area contributed by atoms with Crippen molar-refractivity contribution in [2.24, 2.45) is 0 Å². The second-order valence-corrected chi connectivity index (χ2v) is 5.68. The maximum atomic E-state index is 12.6. The van der Waals surface area contributed by atoms with Crippen molar-refractivity contribution in [1.82, 2.24) is 10.2 Å². The van der Waals surface area contributed by atoms with E-state index in [1.54, 1.807) is 6.92 Å². The first-order valence-electron chi connectivity index (χ1n) is 6.78. The summed E-state index contributed by atoms with van der Waals surface area (Å²) in [4.78, 5) is 47.9. The summed E-state index contributed by atoms with van der Waals surface area (Å²) in [6, 6.07) is 4.00. The highest BCUT2D eigenvalue weighted by Gasteiger charge is 2.50. The van der Waals surface area contributed by atoms with Gasteiger partial charge in [-0.2, -0.15) is 0 Å². The van der Waals surface area contributed by atoms with Crippen LogP contribution in [0.4, 0.5) is 5.69 Å². The molecule has 0 aromatic heterocycles. The number of fused-ring (bicyclic) bond motifs is 1. The van der Waals surface area contributed by atoms with Gasteiger partial charge in [0.15, 0.2) is 0 Å². The van der Waals surface area contributed by atoms with Crippen LogP contribution in [0.1, 0.15) is 40.5 Å². The van der Waals surface area contributed by atoms with E-state index in [1.165, 1.54) is 18.2 Å². The van der Waals surface area contributed by atoms with Crippen molar-refractivity contribution in [3.05, 3.63) is 39.4 Å². The molecule has 0 radical (unpaired) electrons. The van der Waals surface area contributed by atoms with Crippen LogP contribution in [-0.4, -0.2) is 39.6 Å². The molecule has 8 nitrogen and oxygen atoms in total. The average Bonchev–Trinajstić information content (AvgIpc) is 2.75. The lowest BCUT2D eigenvalue weighted by molar-refractivity contribution is -0.385. The highest BCUT2D eigenvalue weighted by atomic mass is 16.6. The molecule has 3 amide bonds. The minimum atomic E-state index is -0.880. The van der Waals surface area contributed by atoms with Gasteiger partial charge >= 0.3 is 0 Å². The largest absolute Gasteiger partial charge is 0.354 e. The number of carbonyl (C=O) groups is 3. The molecule has 1 aromatic carbocycles. The molecule has 2 heterocycles. The molecule has 1 N–H and O–H groups in total. The van der Waals surface area contributed by atoms with Crippen LogP contribution < -0.4 is 5.32 Å². The number of benzene rings is 1. The molecule has 0 saturated carbocycles. The van der Waals surface area contributed by atoms with Gasteiger partial charge < -0.3 is 5.32 Å². The number of carbonyl (C=O) groups excluding carboxylic acids is 3. The van der Waals surface area contributed by atoms with E-state index in [9.17, 15) is 24.5 Å². The molecular weight excluding hydrogens is 290 g/mol. The van der Waals surface area contributed by atoms with Gasteiger partial charge in [-0.1, -0.05) is 6.07 Å². The lowest BCUT2D eigenvalue weighted by atomic mass is 9.90. The van der Waals surface area contributed by atoms with Gasteiger partial charge in [-0.05, 0) is 19.4 Å². The number of rotatable bonds is 2. The van der Waals surface area contributed by atoms with Crippen molar-refractivity contribution in [2.45, 2.75) is 25.3 Å². The number of nitro benzene ring substituents is 1. The number of amides is 3. The van der Waals surface area contributed by atoms with E-state index in [0.717, 1.165) is 4.90 Å². The molecule has 1 atom stereocenters. The summed E-state index contributed by atoms with van der Waals surface area (Å²) in [6.07, 6.45) is 0.532. The number of nitrogens with one attached hydrogen (secondary N) is 1.